The second-order valence-electron chi connectivity index (χ2n) is 6.20. The van der Waals surface area contributed by atoms with Gasteiger partial charge in [0, 0.05) is 16.5 Å². The molecule has 0 bridgehead atoms. The predicted octanol–water partition coefficient (Wildman–Crippen LogP) is 4.67. The minimum atomic E-state index is -0.925. The minimum Gasteiger partial charge on any atom is -0.493 e. The molecule has 3 aromatic rings. The molecule has 0 unspecified atom stereocenters. The second-order valence-corrected chi connectivity index (χ2v) is 6.20. The first-order chi connectivity index (χ1) is 12.0. The van der Waals surface area contributed by atoms with Crippen LogP contribution in [0.15, 0.2) is 36.4 Å². The summed E-state index contributed by atoms with van der Waals surface area (Å²) in [5, 5.41) is 10.2. The third-order valence-electron chi connectivity index (χ3n) is 4.34. The first-order valence-corrected chi connectivity index (χ1v) is 8.07. The van der Waals surface area contributed by atoms with Gasteiger partial charge < -0.3 is 19.6 Å². The van der Waals surface area contributed by atoms with Gasteiger partial charge in [0.05, 0.1) is 25.5 Å². The number of ether oxygens (including phenoxy) is 2. The molecule has 3 rings (SSSR count). The average Bonchev–Trinajstić information content (AvgIpc) is 2.99. The van der Waals surface area contributed by atoms with Crippen LogP contribution in [-0.4, -0.2) is 30.3 Å². The molecule has 0 aliphatic carbocycles. The molecular weight excluding hydrogens is 318 g/mol. The van der Waals surface area contributed by atoms with E-state index in [0.717, 1.165) is 27.7 Å². The molecule has 25 heavy (non-hydrogen) atoms. The monoisotopic (exact) mass is 339 g/mol. The third kappa shape index (κ3) is 2.93. The third-order valence-corrected chi connectivity index (χ3v) is 4.34. The molecule has 2 aromatic carbocycles. The summed E-state index contributed by atoms with van der Waals surface area (Å²) in [5.74, 6) is 0.618. The number of aromatic carboxylic acids is 1. The van der Waals surface area contributed by atoms with Crippen LogP contribution in [-0.2, 0) is 0 Å². The van der Waals surface area contributed by atoms with E-state index in [9.17, 15) is 9.90 Å². The Hall–Kier alpha value is -2.95. The zero-order valence-electron chi connectivity index (χ0n) is 14.7. The Balaban J connectivity index is 2.25. The summed E-state index contributed by atoms with van der Waals surface area (Å²) in [4.78, 5) is 14.7. The number of H-pyrrole nitrogens is 1. The molecule has 0 fully saturated rings. The molecule has 0 saturated carbocycles. The Morgan fingerprint density at radius 1 is 1.04 bits per heavy atom. The zero-order valence-corrected chi connectivity index (χ0v) is 14.7. The fraction of sp³-hybridized carbons (Fsp3) is 0.250. The number of nitrogens with one attached hydrogen (secondary N) is 1. The molecule has 1 aromatic heterocycles. The summed E-state index contributed by atoms with van der Waals surface area (Å²) >= 11 is 0. The number of methoxy groups -OCH3 is 2. The highest BCUT2D eigenvalue weighted by Gasteiger charge is 2.18. The molecule has 0 spiro atoms. The van der Waals surface area contributed by atoms with Gasteiger partial charge in [-0.3, -0.25) is 0 Å². The number of aromatic amines is 1. The van der Waals surface area contributed by atoms with Gasteiger partial charge in [-0.15, -0.1) is 0 Å². The van der Waals surface area contributed by atoms with Crippen LogP contribution >= 0.6 is 0 Å². The van der Waals surface area contributed by atoms with Crippen LogP contribution < -0.4 is 9.47 Å². The van der Waals surface area contributed by atoms with Gasteiger partial charge in [-0.05, 0) is 47.9 Å². The predicted molar refractivity (Wildman–Crippen MR) is 97.9 cm³/mol. The van der Waals surface area contributed by atoms with Crippen LogP contribution in [0.1, 0.15) is 35.7 Å². The number of aromatic nitrogens is 1. The van der Waals surface area contributed by atoms with Crippen molar-refractivity contribution in [2.75, 3.05) is 14.2 Å². The van der Waals surface area contributed by atoms with Gasteiger partial charge >= 0.3 is 5.97 Å². The second kappa shape index (κ2) is 6.51. The smallest absolute Gasteiger partial charge is 0.335 e. The highest BCUT2D eigenvalue weighted by molar-refractivity contribution is 5.97. The lowest BCUT2D eigenvalue weighted by atomic mass is 9.95. The lowest BCUT2D eigenvalue weighted by Gasteiger charge is -2.12. The van der Waals surface area contributed by atoms with E-state index in [4.69, 9.17) is 9.47 Å². The van der Waals surface area contributed by atoms with Crippen molar-refractivity contribution in [2.45, 2.75) is 19.8 Å². The van der Waals surface area contributed by atoms with E-state index in [2.05, 4.69) is 18.8 Å². The van der Waals surface area contributed by atoms with Gasteiger partial charge in [0.25, 0.3) is 0 Å². The quantitative estimate of drug-likeness (QED) is 0.708. The Bertz CT molecular complexity index is 940. The number of benzene rings is 2. The van der Waals surface area contributed by atoms with Crippen molar-refractivity contribution in [1.82, 2.24) is 4.98 Å². The Kier molecular flexibility index (Phi) is 4.40. The molecule has 0 aliphatic rings. The number of fused-ring (bicyclic) bond motifs is 1. The SMILES string of the molecule is COc1ccc(-c2[nH]c3ccc(C(=O)O)cc3c2C(C)C)cc1OC. The fourth-order valence-electron chi connectivity index (χ4n) is 3.16. The normalized spacial score (nSPS) is 11.1. The molecule has 5 nitrogen and oxygen atoms in total. The topological polar surface area (TPSA) is 71.6 Å². The van der Waals surface area contributed by atoms with Gasteiger partial charge in [0.15, 0.2) is 11.5 Å². The minimum absolute atomic E-state index is 0.223. The number of hydrogen-bond acceptors (Lipinski definition) is 3. The number of hydrogen-bond donors (Lipinski definition) is 2. The molecule has 0 amide bonds. The Morgan fingerprint density at radius 3 is 2.36 bits per heavy atom. The summed E-state index contributed by atoms with van der Waals surface area (Å²) < 4.78 is 10.7. The van der Waals surface area contributed by atoms with Crippen molar-refractivity contribution >= 4 is 16.9 Å². The molecule has 0 saturated heterocycles. The van der Waals surface area contributed by atoms with Crippen LogP contribution in [0.3, 0.4) is 0 Å². The first-order valence-electron chi connectivity index (χ1n) is 8.07. The number of carbonyl (C=O) groups is 1. The van der Waals surface area contributed by atoms with E-state index >= 15 is 0 Å². The van der Waals surface area contributed by atoms with E-state index in [0.29, 0.717) is 11.5 Å². The summed E-state index contributed by atoms with van der Waals surface area (Å²) in [7, 11) is 3.21. The molecule has 5 heteroatoms. The summed E-state index contributed by atoms with van der Waals surface area (Å²) in [6.45, 7) is 4.20. The van der Waals surface area contributed by atoms with Crippen molar-refractivity contribution < 1.29 is 19.4 Å². The molecule has 0 radical (unpaired) electrons. The van der Waals surface area contributed by atoms with Crippen LogP contribution in [0.4, 0.5) is 0 Å². The van der Waals surface area contributed by atoms with Gasteiger partial charge in [-0.2, -0.15) is 0 Å². The highest BCUT2D eigenvalue weighted by atomic mass is 16.5. The van der Waals surface area contributed by atoms with Crippen molar-refractivity contribution in [1.29, 1.82) is 0 Å². The van der Waals surface area contributed by atoms with Crippen LogP contribution in [0, 0.1) is 0 Å². The van der Waals surface area contributed by atoms with Crippen LogP contribution in [0.25, 0.3) is 22.2 Å². The summed E-state index contributed by atoms with van der Waals surface area (Å²) in [6, 6.07) is 10.9. The molecule has 0 aliphatic heterocycles. The average molecular weight is 339 g/mol. The highest BCUT2D eigenvalue weighted by Crippen LogP contribution is 2.39. The zero-order chi connectivity index (χ0) is 18.1. The molecule has 2 N–H and O–H groups in total. The van der Waals surface area contributed by atoms with Crippen molar-refractivity contribution in [3.63, 3.8) is 0 Å². The van der Waals surface area contributed by atoms with E-state index in [1.54, 1.807) is 26.4 Å². The molecular formula is C20H21NO4. The van der Waals surface area contributed by atoms with Crippen molar-refractivity contribution in [3.8, 4) is 22.8 Å². The van der Waals surface area contributed by atoms with Gasteiger partial charge in [0.2, 0.25) is 0 Å². The van der Waals surface area contributed by atoms with Crippen molar-refractivity contribution in [2.24, 2.45) is 0 Å². The fourth-order valence-corrected chi connectivity index (χ4v) is 3.16. The maximum Gasteiger partial charge on any atom is 0.335 e. The number of carboxylic acid groups (broad SMARTS) is 1. The Labute approximate surface area is 146 Å². The lowest BCUT2D eigenvalue weighted by molar-refractivity contribution is 0.0697. The standard InChI is InChI=1S/C20H21NO4/c1-11(2)18-14-9-13(20(22)23)5-7-15(14)21-19(18)12-6-8-16(24-3)17(10-12)25-4/h5-11,21H,1-4H3,(H,22,23). The van der Waals surface area contributed by atoms with Gasteiger partial charge in [0.1, 0.15) is 0 Å². The van der Waals surface area contributed by atoms with Crippen LogP contribution in [0.5, 0.6) is 11.5 Å². The summed E-state index contributed by atoms with van der Waals surface area (Å²) in [5.41, 5.74) is 4.22. The molecule has 0 atom stereocenters. The van der Waals surface area contributed by atoms with Gasteiger partial charge in [-0.25, -0.2) is 4.79 Å². The van der Waals surface area contributed by atoms with Crippen LogP contribution in [0.2, 0.25) is 0 Å². The largest absolute Gasteiger partial charge is 0.493 e. The van der Waals surface area contributed by atoms with E-state index in [1.807, 2.05) is 24.3 Å². The van der Waals surface area contributed by atoms with Crippen molar-refractivity contribution in [3.05, 3.63) is 47.5 Å². The van der Waals surface area contributed by atoms with E-state index < -0.39 is 5.97 Å². The summed E-state index contributed by atoms with van der Waals surface area (Å²) in [6.07, 6.45) is 0. The Morgan fingerprint density at radius 2 is 1.76 bits per heavy atom. The number of rotatable bonds is 5. The lowest BCUT2D eigenvalue weighted by Crippen LogP contribution is -1.96. The first kappa shape index (κ1) is 16.9. The number of carboxylic acids is 1. The van der Waals surface area contributed by atoms with Gasteiger partial charge in [-0.1, -0.05) is 13.8 Å². The van der Waals surface area contributed by atoms with E-state index in [-0.39, 0.29) is 11.5 Å². The maximum atomic E-state index is 11.3. The molecule has 130 valence electrons. The van der Waals surface area contributed by atoms with E-state index in [1.165, 1.54) is 0 Å². The maximum absolute atomic E-state index is 11.3. The molecule has 1 heterocycles.